The highest BCUT2D eigenvalue weighted by Crippen LogP contribution is 2.22. The molecule has 2 heterocycles. The Morgan fingerprint density at radius 1 is 1.06 bits per heavy atom. The summed E-state index contributed by atoms with van der Waals surface area (Å²) in [6, 6.07) is 14.4. The van der Waals surface area contributed by atoms with Crippen molar-refractivity contribution >= 4 is 28.6 Å². The number of hydrogen-bond donors (Lipinski definition) is 3. The lowest BCUT2D eigenvalue weighted by Gasteiger charge is -2.22. The van der Waals surface area contributed by atoms with Crippen LogP contribution in [0.25, 0.3) is 22.0 Å². The summed E-state index contributed by atoms with van der Waals surface area (Å²) in [5.74, 6) is 0.308. The molecule has 1 saturated carbocycles. The van der Waals surface area contributed by atoms with Gasteiger partial charge in [0.1, 0.15) is 0 Å². The molecule has 2 amide bonds. The molecule has 1 fully saturated rings. The van der Waals surface area contributed by atoms with Crippen LogP contribution in [-0.2, 0) is 13.6 Å². The fourth-order valence-corrected chi connectivity index (χ4v) is 4.40. The maximum absolute atomic E-state index is 12.4. The van der Waals surface area contributed by atoms with Crippen LogP contribution in [0.1, 0.15) is 37.7 Å². The standard InChI is InChI=1S/C26H29N7O/c1-33-17-21(16-29-33)19-7-5-6-18(12-19)14-27-23-11-10-20-15-28-25(31-24(20)13-23)32-26(34)30-22-8-3-2-4-9-22/h5-7,10-13,15-17,22,27H,2-4,8-9,14H2,1H3,(H2,28,30,31,32,34). The Morgan fingerprint density at radius 3 is 2.76 bits per heavy atom. The van der Waals surface area contributed by atoms with Gasteiger partial charge >= 0.3 is 6.03 Å². The molecule has 5 rings (SSSR count). The van der Waals surface area contributed by atoms with Gasteiger partial charge in [0.05, 0.1) is 11.7 Å². The summed E-state index contributed by atoms with van der Waals surface area (Å²) in [6.07, 6.45) is 11.3. The van der Waals surface area contributed by atoms with Crippen molar-refractivity contribution in [3.05, 3.63) is 66.6 Å². The molecule has 3 N–H and O–H groups in total. The molecule has 1 aliphatic carbocycles. The summed E-state index contributed by atoms with van der Waals surface area (Å²) < 4.78 is 1.81. The Kier molecular flexibility index (Phi) is 6.38. The third kappa shape index (κ3) is 5.33. The fourth-order valence-electron chi connectivity index (χ4n) is 4.40. The molecular weight excluding hydrogens is 426 g/mol. The van der Waals surface area contributed by atoms with Crippen LogP contribution in [0.4, 0.5) is 16.4 Å². The molecule has 174 valence electrons. The van der Waals surface area contributed by atoms with Crippen LogP contribution in [-0.4, -0.2) is 31.8 Å². The zero-order valence-corrected chi connectivity index (χ0v) is 19.3. The molecule has 8 heteroatoms. The Morgan fingerprint density at radius 2 is 1.94 bits per heavy atom. The number of carbonyl (C=O) groups is 1. The van der Waals surface area contributed by atoms with Crippen LogP contribution in [0.5, 0.6) is 0 Å². The van der Waals surface area contributed by atoms with Crippen LogP contribution < -0.4 is 16.0 Å². The Bertz CT molecular complexity index is 1290. The quantitative estimate of drug-likeness (QED) is 0.376. The maximum atomic E-state index is 12.4. The molecule has 0 saturated heterocycles. The molecule has 0 bridgehead atoms. The number of hydrogen-bond acceptors (Lipinski definition) is 5. The SMILES string of the molecule is Cn1cc(-c2cccc(CNc3ccc4cnc(NC(=O)NC5CCCCC5)nc4c3)c2)cn1. The van der Waals surface area contributed by atoms with Crippen molar-refractivity contribution in [3.63, 3.8) is 0 Å². The monoisotopic (exact) mass is 455 g/mol. The van der Waals surface area contributed by atoms with Gasteiger partial charge in [0.25, 0.3) is 0 Å². The van der Waals surface area contributed by atoms with Crippen LogP contribution >= 0.6 is 0 Å². The third-order valence-corrected chi connectivity index (χ3v) is 6.21. The number of amides is 2. The third-order valence-electron chi connectivity index (χ3n) is 6.21. The number of carbonyl (C=O) groups excluding carboxylic acids is 1. The highest BCUT2D eigenvalue weighted by Gasteiger charge is 2.16. The van der Waals surface area contributed by atoms with Crippen molar-refractivity contribution in [2.75, 3.05) is 10.6 Å². The van der Waals surface area contributed by atoms with E-state index in [1.165, 1.54) is 24.8 Å². The van der Waals surface area contributed by atoms with Crippen molar-refractivity contribution in [2.24, 2.45) is 7.05 Å². The number of aromatic nitrogens is 4. The van der Waals surface area contributed by atoms with E-state index in [1.807, 2.05) is 37.6 Å². The number of urea groups is 1. The summed E-state index contributed by atoms with van der Waals surface area (Å²) in [4.78, 5) is 21.2. The molecule has 0 radical (unpaired) electrons. The smallest absolute Gasteiger partial charge is 0.321 e. The second-order valence-corrected chi connectivity index (χ2v) is 8.86. The zero-order chi connectivity index (χ0) is 23.3. The van der Waals surface area contributed by atoms with Gasteiger partial charge in [-0.3, -0.25) is 10.00 Å². The summed E-state index contributed by atoms with van der Waals surface area (Å²) in [7, 11) is 1.92. The number of nitrogens with one attached hydrogen (secondary N) is 3. The van der Waals surface area contributed by atoms with Gasteiger partial charge in [-0.1, -0.05) is 37.5 Å². The molecule has 4 aromatic rings. The molecule has 34 heavy (non-hydrogen) atoms. The van der Waals surface area contributed by atoms with E-state index < -0.39 is 0 Å². The van der Waals surface area contributed by atoms with Crippen molar-refractivity contribution in [1.29, 1.82) is 0 Å². The average molecular weight is 456 g/mol. The van der Waals surface area contributed by atoms with Gasteiger partial charge in [-0.2, -0.15) is 5.10 Å². The second kappa shape index (κ2) is 9.91. The van der Waals surface area contributed by atoms with Crippen LogP contribution in [0.15, 0.2) is 61.1 Å². The van der Waals surface area contributed by atoms with Crippen molar-refractivity contribution in [3.8, 4) is 11.1 Å². The average Bonchev–Trinajstić information content (AvgIpc) is 3.29. The lowest BCUT2D eigenvalue weighted by atomic mass is 9.96. The fraction of sp³-hybridized carbons (Fsp3) is 0.308. The van der Waals surface area contributed by atoms with Crippen molar-refractivity contribution < 1.29 is 4.79 Å². The molecule has 8 nitrogen and oxygen atoms in total. The van der Waals surface area contributed by atoms with Gasteiger partial charge in [0, 0.05) is 48.7 Å². The van der Waals surface area contributed by atoms with Gasteiger partial charge in [0.2, 0.25) is 5.95 Å². The number of fused-ring (bicyclic) bond motifs is 1. The minimum absolute atomic E-state index is 0.238. The first-order valence-electron chi connectivity index (χ1n) is 11.8. The Labute approximate surface area is 198 Å². The van der Waals surface area contributed by atoms with E-state index in [4.69, 9.17) is 0 Å². The first-order valence-corrected chi connectivity index (χ1v) is 11.8. The van der Waals surface area contributed by atoms with Gasteiger partial charge in [-0.05, 0) is 48.2 Å². The first-order chi connectivity index (χ1) is 16.6. The molecular formula is C26H29N7O. The van der Waals surface area contributed by atoms with Crippen LogP contribution in [0.2, 0.25) is 0 Å². The summed E-state index contributed by atoms with van der Waals surface area (Å²) in [5, 5.41) is 14.5. The molecule has 2 aromatic carbocycles. The Hall–Kier alpha value is -3.94. The van der Waals surface area contributed by atoms with E-state index in [9.17, 15) is 4.79 Å². The molecule has 0 atom stereocenters. The van der Waals surface area contributed by atoms with E-state index in [-0.39, 0.29) is 12.1 Å². The zero-order valence-electron chi connectivity index (χ0n) is 19.3. The molecule has 0 aliphatic heterocycles. The molecule has 1 aliphatic rings. The molecule has 0 unspecified atom stereocenters. The van der Waals surface area contributed by atoms with E-state index in [0.717, 1.165) is 40.6 Å². The van der Waals surface area contributed by atoms with Gasteiger partial charge < -0.3 is 10.6 Å². The second-order valence-electron chi connectivity index (χ2n) is 8.86. The first kappa shape index (κ1) is 21.9. The lowest BCUT2D eigenvalue weighted by Crippen LogP contribution is -2.39. The van der Waals surface area contributed by atoms with Gasteiger partial charge in [-0.15, -0.1) is 0 Å². The van der Waals surface area contributed by atoms with Crippen LogP contribution in [0.3, 0.4) is 0 Å². The van der Waals surface area contributed by atoms with E-state index in [0.29, 0.717) is 12.5 Å². The van der Waals surface area contributed by atoms with Crippen LogP contribution in [0, 0.1) is 0 Å². The lowest BCUT2D eigenvalue weighted by molar-refractivity contribution is 0.244. The summed E-state index contributed by atoms with van der Waals surface area (Å²) >= 11 is 0. The number of anilines is 2. The normalized spacial score (nSPS) is 14.1. The molecule has 2 aromatic heterocycles. The minimum Gasteiger partial charge on any atom is -0.381 e. The predicted octanol–water partition coefficient (Wildman–Crippen LogP) is 5.10. The van der Waals surface area contributed by atoms with Gasteiger partial charge in [-0.25, -0.2) is 14.8 Å². The summed E-state index contributed by atoms with van der Waals surface area (Å²) in [5.41, 5.74) is 5.14. The Balaban J connectivity index is 1.24. The topological polar surface area (TPSA) is 96.8 Å². The minimum atomic E-state index is -0.242. The van der Waals surface area contributed by atoms with Crippen molar-refractivity contribution in [1.82, 2.24) is 25.1 Å². The largest absolute Gasteiger partial charge is 0.381 e. The number of benzene rings is 2. The number of rotatable bonds is 6. The van der Waals surface area contributed by atoms with E-state index in [1.54, 1.807) is 10.9 Å². The van der Waals surface area contributed by atoms with Gasteiger partial charge in [0.15, 0.2) is 0 Å². The molecule has 0 spiro atoms. The maximum Gasteiger partial charge on any atom is 0.321 e. The highest BCUT2D eigenvalue weighted by atomic mass is 16.2. The number of nitrogens with zero attached hydrogens (tertiary/aromatic N) is 4. The number of aryl methyl sites for hydroxylation is 1. The van der Waals surface area contributed by atoms with Crippen molar-refractivity contribution in [2.45, 2.75) is 44.7 Å². The summed E-state index contributed by atoms with van der Waals surface area (Å²) in [6.45, 7) is 0.680. The van der Waals surface area contributed by atoms with E-state index >= 15 is 0 Å². The van der Waals surface area contributed by atoms with E-state index in [2.05, 4.69) is 55.3 Å². The predicted molar refractivity (Wildman–Crippen MR) is 135 cm³/mol. The highest BCUT2D eigenvalue weighted by molar-refractivity contribution is 5.89.